The lowest BCUT2D eigenvalue weighted by Crippen LogP contribution is -2.57. The molecule has 4 heteroatoms. The molecule has 5 rings (SSSR count). The lowest BCUT2D eigenvalue weighted by Gasteiger charge is -2.49. The highest BCUT2D eigenvalue weighted by atomic mass is 16.3. The van der Waals surface area contributed by atoms with E-state index in [9.17, 15) is 9.90 Å². The number of rotatable bonds is 2. The van der Waals surface area contributed by atoms with Crippen LogP contribution in [0.15, 0.2) is 71.2 Å². The third-order valence-corrected chi connectivity index (χ3v) is 8.39. The molecule has 3 aliphatic rings. The van der Waals surface area contributed by atoms with Crippen molar-refractivity contribution >= 4 is 5.91 Å². The van der Waals surface area contributed by atoms with E-state index in [1.165, 1.54) is 5.56 Å². The van der Waals surface area contributed by atoms with E-state index in [1.807, 2.05) is 30.3 Å². The first-order valence-electron chi connectivity index (χ1n) is 12.4. The molecule has 2 fully saturated rings. The molecule has 1 aliphatic carbocycles. The lowest BCUT2D eigenvalue weighted by molar-refractivity contribution is -0.130. The molecule has 7 atom stereocenters. The number of carbonyl (C=O) groups is 1. The SMILES string of the molecule is C=C1[C@@H](C)C2[C@H](Cc3ccccc3)NC(=O)[C@]23c2ccc(o2)CCCC(C)C/C=C/[C@H]3[C@@H]1O. The van der Waals surface area contributed by atoms with Gasteiger partial charge in [-0.15, -0.1) is 0 Å². The minimum atomic E-state index is -0.948. The second-order valence-corrected chi connectivity index (χ2v) is 10.4. The summed E-state index contributed by atoms with van der Waals surface area (Å²) in [6, 6.07) is 14.3. The van der Waals surface area contributed by atoms with Crippen molar-refractivity contribution in [2.75, 3.05) is 0 Å². The maximum absolute atomic E-state index is 14.0. The molecule has 2 unspecified atom stereocenters. The van der Waals surface area contributed by atoms with Crippen molar-refractivity contribution in [2.24, 2.45) is 23.7 Å². The zero-order valence-corrected chi connectivity index (χ0v) is 19.7. The maximum atomic E-state index is 14.0. The Morgan fingerprint density at radius 3 is 2.76 bits per heavy atom. The minimum absolute atomic E-state index is 0.0299. The molecule has 2 aromatic rings. The van der Waals surface area contributed by atoms with E-state index < -0.39 is 17.4 Å². The van der Waals surface area contributed by atoms with Gasteiger partial charge in [0.25, 0.3) is 0 Å². The highest BCUT2D eigenvalue weighted by Crippen LogP contribution is 2.57. The summed E-state index contributed by atoms with van der Waals surface area (Å²) in [5.74, 6) is 1.64. The van der Waals surface area contributed by atoms with Crippen molar-refractivity contribution in [3.05, 3.63) is 83.9 Å². The topological polar surface area (TPSA) is 62.5 Å². The molecule has 1 saturated carbocycles. The summed E-state index contributed by atoms with van der Waals surface area (Å²) in [5.41, 5.74) is 1.06. The number of fused-ring (bicyclic) bond motifs is 2. The van der Waals surface area contributed by atoms with Gasteiger partial charge in [-0.1, -0.05) is 62.9 Å². The van der Waals surface area contributed by atoms with E-state index in [4.69, 9.17) is 4.42 Å². The molecule has 0 radical (unpaired) electrons. The predicted molar refractivity (Wildman–Crippen MR) is 130 cm³/mol. The first kappa shape index (κ1) is 22.2. The maximum Gasteiger partial charge on any atom is 0.235 e. The molecule has 33 heavy (non-hydrogen) atoms. The van der Waals surface area contributed by atoms with Gasteiger partial charge in [-0.3, -0.25) is 4.79 Å². The number of nitrogens with one attached hydrogen (secondary N) is 1. The van der Waals surface area contributed by atoms with Crippen molar-refractivity contribution in [1.29, 1.82) is 0 Å². The monoisotopic (exact) mass is 445 g/mol. The van der Waals surface area contributed by atoms with Crippen LogP contribution >= 0.6 is 0 Å². The summed E-state index contributed by atoms with van der Waals surface area (Å²) < 4.78 is 6.43. The zero-order chi connectivity index (χ0) is 23.2. The van der Waals surface area contributed by atoms with Gasteiger partial charge in [-0.05, 0) is 60.8 Å². The molecule has 1 saturated heterocycles. The standard InChI is InChI=1S/C29H35NO3/c1-18-9-7-13-22-15-16-25(33-22)29-23(14-8-10-18)27(31)20(3)19(2)26(29)24(30-28(29)32)17-21-11-5-4-6-12-21/h4-6,8,11-12,14-16,18-19,23-24,26-27,31H,3,7,9-10,13,17H2,1-2H3,(H,30,32)/b14-8+/t18?,19-,23+,24+,26?,27-,29-/m1/s1. The average Bonchev–Trinajstić information content (AvgIpc) is 3.38. The molecule has 4 nitrogen and oxygen atoms in total. The smallest absolute Gasteiger partial charge is 0.235 e. The fraction of sp³-hybridized carbons (Fsp3) is 0.483. The van der Waals surface area contributed by atoms with E-state index in [1.54, 1.807) is 0 Å². The van der Waals surface area contributed by atoms with Crippen molar-refractivity contribution in [1.82, 2.24) is 5.32 Å². The fourth-order valence-corrected chi connectivity index (χ4v) is 6.62. The van der Waals surface area contributed by atoms with Crippen LogP contribution in [0.25, 0.3) is 0 Å². The normalized spacial score (nSPS) is 37.3. The number of hydrogen-bond donors (Lipinski definition) is 2. The molecule has 3 heterocycles. The highest BCUT2D eigenvalue weighted by Gasteiger charge is 2.67. The Morgan fingerprint density at radius 2 is 1.97 bits per heavy atom. The van der Waals surface area contributed by atoms with Gasteiger partial charge in [0.05, 0.1) is 6.10 Å². The first-order valence-corrected chi connectivity index (χ1v) is 12.4. The highest BCUT2D eigenvalue weighted by molar-refractivity contribution is 5.92. The second-order valence-electron chi connectivity index (χ2n) is 10.4. The van der Waals surface area contributed by atoms with Gasteiger partial charge in [0, 0.05) is 24.3 Å². The molecule has 2 N–H and O–H groups in total. The number of benzene rings is 1. The largest absolute Gasteiger partial charge is 0.465 e. The van der Waals surface area contributed by atoms with E-state index in [-0.39, 0.29) is 23.8 Å². The van der Waals surface area contributed by atoms with Crippen LogP contribution in [-0.4, -0.2) is 23.2 Å². The molecule has 2 aliphatic heterocycles. The predicted octanol–water partition coefficient (Wildman–Crippen LogP) is 4.98. The Labute approximate surface area is 196 Å². The number of furan rings is 1. The van der Waals surface area contributed by atoms with Gasteiger partial charge in [0.2, 0.25) is 5.91 Å². The van der Waals surface area contributed by atoms with Gasteiger partial charge in [-0.2, -0.15) is 0 Å². The lowest BCUT2D eigenvalue weighted by atomic mass is 9.52. The molecule has 1 amide bonds. The van der Waals surface area contributed by atoms with Crippen molar-refractivity contribution in [2.45, 2.75) is 63.5 Å². The summed E-state index contributed by atoms with van der Waals surface area (Å²) in [5, 5.41) is 14.8. The van der Waals surface area contributed by atoms with Crippen LogP contribution in [-0.2, 0) is 23.1 Å². The van der Waals surface area contributed by atoms with E-state index in [0.29, 0.717) is 11.7 Å². The van der Waals surface area contributed by atoms with Crippen LogP contribution in [0.3, 0.4) is 0 Å². The number of carbonyl (C=O) groups excluding carboxylic acids is 1. The van der Waals surface area contributed by atoms with Crippen LogP contribution in [0.1, 0.15) is 50.2 Å². The third kappa shape index (κ3) is 3.59. The Bertz CT molecular complexity index is 1050. The summed E-state index contributed by atoms with van der Waals surface area (Å²) in [7, 11) is 0. The number of hydrogen-bond acceptors (Lipinski definition) is 3. The molecular weight excluding hydrogens is 410 g/mol. The van der Waals surface area contributed by atoms with Crippen LogP contribution in [0.4, 0.5) is 0 Å². The fourth-order valence-electron chi connectivity index (χ4n) is 6.62. The Morgan fingerprint density at radius 1 is 1.18 bits per heavy atom. The van der Waals surface area contributed by atoms with Crippen molar-refractivity contribution in [3.63, 3.8) is 0 Å². The zero-order valence-electron chi connectivity index (χ0n) is 19.7. The second kappa shape index (κ2) is 8.64. The molecule has 1 spiro atoms. The first-order chi connectivity index (χ1) is 15.9. The number of aryl methyl sites for hydroxylation is 1. The Kier molecular flexibility index (Phi) is 5.82. The van der Waals surface area contributed by atoms with Crippen LogP contribution in [0.5, 0.6) is 0 Å². The van der Waals surface area contributed by atoms with Crippen molar-refractivity contribution < 1.29 is 14.3 Å². The van der Waals surface area contributed by atoms with Crippen molar-refractivity contribution in [3.8, 4) is 0 Å². The number of aliphatic hydroxyl groups is 1. The third-order valence-electron chi connectivity index (χ3n) is 8.39. The number of allylic oxidation sites excluding steroid dienone is 1. The number of amides is 1. The summed E-state index contributed by atoms with van der Waals surface area (Å²) in [6.07, 6.45) is 8.22. The summed E-state index contributed by atoms with van der Waals surface area (Å²) >= 11 is 0. The molecule has 1 aromatic carbocycles. The van der Waals surface area contributed by atoms with Gasteiger partial charge in [0.15, 0.2) is 0 Å². The Balaban J connectivity index is 1.66. The van der Waals surface area contributed by atoms with Gasteiger partial charge in [-0.25, -0.2) is 0 Å². The minimum Gasteiger partial charge on any atom is -0.465 e. The quantitative estimate of drug-likeness (QED) is 0.641. The molecule has 174 valence electrons. The average molecular weight is 446 g/mol. The van der Waals surface area contributed by atoms with Crippen LogP contribution < -0.4 is 5.32 Å². The molecule has 1 aromatic heterocycles. The van der Waals surface area contributed by atoms with E-state index >= 15 is 0 Å². The van der Waals surface area contributed by atoms with Gasteiger partial charge < -0.3 is 14.8 Å². The summed E-state index contributed by atoms with van der Waals surface area (Å²) in [4.78, 5) is 14.0. The molecule has 2 bridgehead atoms. The number of aliphatic hydroxyl groups excluding tert-OH is 1. The van der Waals surface area contributed by atoms with Gasteiger partial charge >= 0.3 is 0 Å². The van der Waals surface area contributed by atoms with E-state index in [2.05, 4.69) is 50.0 Å². The van der Waals surface area contributed by atoms with E-state index in [0.717, 1.165) is 43.4 Å². The van der Waals surface area contributed by atoms with Gasteiger partial charge in [0.1, 0.15) is 16.9 Å². The Hall–Kier alpha value is -2.59. The molecular formula is C29H35NO3. The van der Waals surface area contributed by atoms with Crippen LogP contribution in [0, 0.1) is 23.7 Å². The summed E-state index contributed by atoms with van der Waals surface area (Å²) in [6.45, 7) is 8.67. The van der Waals surface area contributed by atoms with Crippen LogP contribution in [0.2, 0.25) is 0 Å².